The fourth-order valence-electron chi connectivity index (χ4n) is 9.25. The lowest BCUT2D eigenvalue weighted by Gasteiger charge is -2.39. The number of ether oxygens (including phenoxy) is 3. The van der Waals surface area contributed by atoms with Crippen LogP contribution in [0.2, 0.25) is 0 Å². The Morgan fingerprint density at radius 2 is 1.79 bits per heavy atom. The number of carbonyl (C=O) groups excluding carboxylic acids is 4. The molecule has 2 aromatic heterocycles. The molecule has 4 atom stereocenters. The number of nitrogens with one attached hydrogen (secondary N) is 2. The molecular formula is C54H67F4N7O7. The van der Waals surface area contributed by atoms with Gasteiger partial charge in [0.15, 0.2) is 0 Å². The molecule has 4 aromatic rings. The Morgan fingerprint density at radius 3 is 2.47 bits per heavy atom. The summed E-state index contributed by atoms with van der Waals surface area (Å²) in [5.74, 6) is 2.16. The van der Waals surface area contributed by atoms with Gasteiger partial charge in [0.2, 0.25) is 5.91 Å². The fourth-order valence-corrected chi connectivity index (χ4v) is 9.25. The maximum atomic E-state index is 16.0. The first-order chi connectivity index (χ1) is 33.8. The zero-order chi connectivity index (χ0) is 52.4. The van der Waals surface area contributed by atoms with Gasteiger partial charge in [0.05, 0.1) is 48.3 Å². The van der Waals surface area contributed by atoms with Crippen LogP contribution in [0, 0.1) is 34.9 Å². The summed E-state index contributed by atoms with van der Waals surface area (Å²) in [6.07, 6.45) is -3.23. The highest BCUT2D eigenvalue weighted by Gasteiger charge is 2.39. The summed E-state index contributed by atoms with van der Waals surface area (Å²) in [6, 6.07) is 10.5. The third-order valence-electron chi connectivity index (χ3n) is 14.1. The Kier molecular flexibility index (Phi) is 16.2. The minimum atomic E-state index is -4.63. The Morgan fingerprint density at radius 1 is 1.06 bits per heavy atom. The third-order valence-corrected chi connectivity index (χ3v) is 14.1. The monoisotopic (exact) mass is 1000 g/mol. The molecule has 5 heterocycles. The second kappa shape index (κ2) is 21.7. The zero-order valence-electron chi connectivity index (χ0n) is 42.8. The van der Waals surface area contributed by atoms with Crippen LogP contribution in [0.5, 0.6) is 0 Å². The summed E-state index contributed by atoms with van der Waals surface area (Å²) in [5, 5.41) is 4.73. The molecule has 2 fully saturated rings. The molecule has 0 radical (unpaired) electrons. The van der Waals surface area contributed by atoms with Gasteiger partial charge in [-0.1, -0.05) is 45.7 Å². The quantitative estimate of drug-likeness (QED) is 0.0894. The summed E-state index contributed by atoms with van der Waals surface area (Å²) in [7, 11) is 5.27. The van der Waals surface area contributed by atoms with Crippen LogP contribution in [0.1, 0.15) is 84.2 Å². The smallest absolute Gasteiger partial charge is 0.406 e. The van der Waals surface area contributed by atoms with Crippen molar-refractivity contribution in [2.75, 3.05) is 54.1 Å². The first-order valence-corrected chi connectivity index (χ1v) is 24.5. The minimum absolute atomic E-state index is 0.00281. The van der Waals surface area contributed by atoms with E-state index in [1.807, 2.05) is 60.5 Å². The van der Waals surface area contributed by atoms with E-state index in [0.29, 0.717) is 64.8 Å². The maximum absolute atomic E-state index is 16.0. The first kappa shape index (κ1) is 53.9. The van der Waals surface area contributed by atoms with Gasteiger partial charge in [-0.25, -0.2) is 9.82 Å². The van der Waals surface area contributed by atoms with Crippen molar-refractivity contribution in [1.82, 2.24) is 35.1 Å². The molecule has 2 saturated heterocycles. The largest absolute Gasteiger partial charge is 0.464 e. The molecular weight excluding hydrogens is 935 g/mol. The molecule has 72 heavy (non-hydrogen) atoms. The van der Waals surface area contributed by atoms with Crippen molar-refractivity contribution in [2.24, 2.45) is 17.3 Å². The van der Waals surface area contributed by atoms with Crippen molar-refractivity contribution >= 4 is 34.6 Å². The molecule has 3 aliphatic heterocycles. The van der Waals surface area contributed by atoms with Gasteiger partial charge >= 0.3 is 12.1 Å². The number of cyclic esters (lactones) is 1. The summed E-state index contributed by atoms with van der Waals surface area (Å²) in [5.41, 5.74) is 4.91. The van der Waals surface area contributed by atoms with Gasteiger partial charge in [-0.15, -0.1) is 0 Å². The van der Waals surface area contributed by atoms with Crippen LogP contribution in [0.4, 0.5) is 17.6 Å². The number of methoxy groups -OCH3 is 1. The van der Waals surface area contributed by atoms with E-state index in [0.717, 1.165) is 0 Å². The molecule has 0 spiro atoms. The van der Waals surface area contributed by atoms with Crippen LogP contribution >= 0.6 is 0 Å². The van der Waals surface area contributed by atoms with Gasteiger partial charge in [0.1, 0.15) is 24.4 Å². The molecule has 7 rings (SSSR count). The molecule has 388 valence electrons. The molecule has 1 unspecified atom stereocenters. The number of likely N-dealkylation sites (tertiary alicyclic amines) is 1. The summed E-state index contributed by atoms with van der Waals surface area (Å²) < 4.78 is 79.1. The molecule has 3 aliphatic rings. The number of rotatable bonds is 11. The number of aromatic nitrogens is 2. The van der Waals surface area contributed by atoms with E-state index in [1.54, 1.807) is 54.4 Å². The van der Waals surface area contributed by atoms with E-state index in [1.165, 1.54) is 28.8 Å². The predicted molar refractivity (Wildman–Crippen MR) is 264 cm³/mol. The van der Waals surface area contributed by atoms with E-state index in [-0.39, 0.29) is 61.7 Å². The van der Waals surface area contributed by atoms with Crippen LogP contribution in [0.25, 0.3) is 33.3 Å². The number of fused-ring (bicyclic) bond motifs is 6. The van der Waals surface area contributed by atoms with Crippen LogP contribution in [-0.4, -0.2) is 132 Å². The van der Waals surface area contributed by atoms with Crippen molar-refractivity contribution in [1.29, 1.82) is 0 Å². The van der Waals surface area contributed by atoms with E-state index < -0.39 is 71.4 Å². The molecule has 2 aromatic carbocycles. The van der Waals surface area contributed by atoms with E-state index in [9.17, 15) is 32.3 Å². The molecule has 0 saturated carbocycles. The van der Waals surface area contributed by atoms with Crippen molar-refractivity contribution in [3.8, 4) is 34.2 Å². The Hall–Kier alpha value is -5.87. The van der Waals surface area contributed by atoms with Crippen molar-refractivity contribution < 1.29 is 51.0 Å². The van der Waals surface area contributed by atoms with Gasteiger partial charge in [-0.05, 0) is 125 Å². The Balaban J connectivity index is 1.25. The highest BCUT2D eigenvalue weighted by molar-refractivity contribution is 5.96. The standard InChI is InChI=1S/C54H67F4N7O7/c1-32(2)42(29-71-38-27-63(28-38)46(66)17-18-53(6,7)62(8)9)49(67)60-44-23-34-21-36(24-37(55)22-34)35-15-16-45-40(25-35)41(26-52(4,5)31-72-51(69)43-14-12-20-65(61-43)50(44)68)48(64(45)30-54(56,57)58)39-13-11-19-59-47(39)33(3)70-10/h11,13,15-16,19,21-22,24-25,32-33,38,42-44,61H,12,14,20,23,26-31H2,1-10H3,(H,60,67)/t33?,42-,43-,44-/m0/s1. The lowest BCUT2D eigenvalue weighted by molar-refractivity contribution is -0.155. The van der Waals surface area contributed by atoms with Crippen molar-refractivity contribution in [2.45, 2.75) is 117 Å². The number of hydrogen-bond donors (Lipinski definition) is 2. The number of hydrogen-bond acceptors (Lipinski definition) is 10. The number of carbonyl (C=O) groups is 4. The summed E-state index contributed by atoms with van der Waals surface area (Å²) in [4.78, 5) is 63.7. The van der Waals surface area contributed by atoms with Crippen LogP contribution < -0.4 is 10.7 Å². The van der Waals surface area contributed by atoms with Gasteiger partial charge in [-0.3, -0.25) is 34.1 Å². The molecule has 14 nitrogen and oxygen atoms in total. The number of amides is 3. The highest BCUT2D eigenvalue weighted by Crippen LogP contribution is 2.43. The number of pyridine rings is 1. The lowest BCUT2D eigenvalue weighted by Crippen LogP contribution is -2.61. The van der Waals surface area contributed by atoms with Gasteiger partial charge < -0.3 is 29.0 Å². The van der Waals surface area contributed by atoms with Crippen LogP contribution in [-0.2, 0) is 52.8 Å². The highest BCUT2D eigenvalue weighted by atomic mass is 19.4. The maximum Gasteiger partial charge on any atom is 0.406 e. The molecule has 6 bridgehead atoms. The normalized spacial score (nSPS) is 19.8. The molecule has 3 amide bonds. The van der Waals surface area contributed by atoms with E-state index in [2.05, 4.69) is 27.6 Å². The minimum Gasteiger partial charge on any atom is -0.464 e. The van der Waals surface area contributed by atoms with Gasteiger partial charge in [0, 0.05) is 61.2 Å². The number of nitrogens with zero attached hydrogens (tertiary/aromatic N) is 5. The molecule has 18 heteroatoms. The SMILES string of the molecule is COC(C)c1ncccc1-c1c2c3cc(ccc3n1CC(F)(F)F)-c1cc(F)cc(c1)C[C@H](NC(=O)[C@@H](COC1CN(C(=O)C#CC(C)(C)N(C)C)C1)C(C)C)C(=O)N1CCC[C@H](N1)C(=O)OCC(C)(C)C2. The fraction of sp³-hybridized carbons (Fsp3) is 0.537. The summed E-state index contributed by atoms with van der Waals surface area (Å²) >= 11 is 0. The number of hydrazine groups is 1. The Bertz CT molecular complexity index is 2740. The lowest BCUT2D eigenvalue weighted by atomic mass is 9.84. The van der Waals surface area contributed by atoms with E-state index in [4.69, 9.17) is 14.2 Å². The number of benzene rings is 2. The first-order valence-electron chi connectivity index (χ1n) is 24.5. The van der Waals surface area contributed by atoms with Gasteiger partial charge in [0.25, 0.3) is 11.8 Å². The number of esters is 1. The summed E-state index contributed by atoms with van der Waals surface area (Å²) in [6.45, 7) is 12.4. The third kappa shape index (κ3) is 12.5. The second-order valence-electron chi connectivity index (χ2n) is 21.2. The predicted octanol–water partition coefficient (Wildman–Crippen LogP) is 7.27. The Labute approximate surface area is 419 Å². The van der Waals surface area contributed by atoms with E-state index >= 15 is 4.39 Å². The average molecular weight is 1000 g/mol. The topological polar surface area (TPSA) is 148 Å². The zero-order valence-corrected chi connectivity index (χ0v) is 42.8. The molecule has 0 aliphatic carbocycles. The average Bonchev–Trinajstić information content (AvgIpc) is 3.58. The number of halogens is 4. The van der Waals surface area contributed by atoms with Crippen LogP contribution in [0.15, 0.2) is 54.7 Å². The second-order valence-corrected chi connectivity index (χ2v) is 21.2. The van der Waals surface area contributed by atoms with Crippen molar-refractivity contribution in [3.05, 3.63) is 77.4 Å². The van der Waals surface area contributed by atoms with Gasteiger partial charge in [-0.2, -0.15) is 13.2 Å². The van der Waals surface area contributed by atoms with Crippen molar-refractivity contribution in [3.63, 3.8) is 0 Å². The van der Waals surface area contributed by atoms with Crippen LogP contribution in [0.3, 0.4) is 0 Å². The molecule has 2 N–H and O–H groups in total. The number of alkyl halides is 3.